The molecule has 4 rings (SSSR count). The fourth-order valence-electron chi connectivity index (χ4n) is 3.52. The zero-order chi connectivity index (χ0) is 17.2. The Morgan fingerprint density at radius 1 is 1.00 bits per heavy atom. The molecule has 25 heavy (non-hydrogen) atoms. The predicted octanol–water partition coefficient (Wildman–Crippen LogP) is 2.94. The van der Waals surface area contributed by atoms with Gasteiger partial charge >= 0.3 is 0 Å². The Morgan fingerprint density at radius 3 is 2.40 bits per heavy atom. The van der Waals surface area contributed by atoms with Crippen molar-refractivity contribution < 1.29 is 19.4 Å². The summed E-state index contributed by atoms with van der Waals surface area (Å²) in [5.41, 5.74) is 1.22. The molecule has 2 heterocycles. The second kappa shape index (κ2) is 6.67. The van der Waals surface area contributed by atoms with E-state index in [-0.39, 0.29) is 18.3 Å². The van der Waals surface area contributed by atoms with Gasteiger partial charge in [-0.25, -0.2) is 0 Å². The SMILES string of the molecule is O=C(C1COc2ccccc2O1)N1CCC(c2ccc(O)cc2)CC1. The number of likely N-dealkylation sites (tertiary alicyclic amines) is 1. The molecule has 1 unspecified atom stereocenters. The van der Waals surface area contributed by atoms with Crippen LogP contribution in [-0.4, -0.2) is 41.7 Å². The van der Waals surface area contributed by atoms with E-state index >= 15 is 0 Å². The molecular weight excluding hydrogens is 318 g/mol. The molecule has 1 fully saturated rings. The molecule has 5 heteroatoms. The summed E-state index contributed by atoms with van der Waals surface area (Å²) in [5.74, 6) is 2.03. The normalized spacial score (nSPS) is 20.3. The topological polar surface area (TPSA) is 59.0 Å². The Bertz CT molecular complexity index is 751. The summed E-state index contributed by atoms with van der Waals surface area (Å²) in [5, 5.41) is 9.41. The smallest absolute Gasteiger partial charge is 0.267 e. The lowest BCUT2D eigenvalue weighted by Crippen LogP contribution is -2.48. The fraction of sp³-hybridized carbons (Fsp3) is 0.350. The Hall–Kier alpha value is -2.69. The number of fused-ring (bicyclic) bond motifs is 1. The maximum Gasteiger partial charge on any atom is 0.267 e. The van der Waals surface area contributed by atoms with E-state index in [0.717, 1.165) is 12.8 Å². The van der Waals surface area contributed by atoms with Gasteiger partial charge in [-0.05, 0) is 48.6 Å². The first-order valence-corrected chi connectivity index (χ1v) is 8.67. The molecule has 1 saturated heterocycles. The third kappa shape index (κ3) is 3.27. The summed E-state index contributed by atoms with van der Waals surface area (Å²) in [6, 6.07) is 14.8. The summed E-state index contributed by atoms with van der Waals surface area (Å²) in [7, 11) is 0. The summed E-state index contributed by atoms with van der Waals surface area (Å²) in [6.07, 6.45) is 1.27. The largest absolute Gasteiger partial charge is 0.508 e. The van der Waals surface area contributed by atoms with Crippen LogP contribution >= 0.6 is 0 Å². The number of ether oxygens (including phenoxy) is 2. The highest BCUT2D eigenvalue weighted by Gasteiger charge is 2.33. The Kier molecular flexibility index (Phi) is 4.22. The van der Waals surface area contributed by atoms with E-state index < -0.39 is 6.10 Å². The number of amides is 1. The van der Waals surface area contributed by atoms with Crippen LogP contribution in [0.3, 0.4) is 0 Å². The number of benzene rings is 2. The maximum atomic E-state index is 12.7. The highest BCUT2D eigenvalue weighted by atomic mass is 16.6. The average Bonchev–Trinajstić information content (AvgIpc) is 2.68. The van der Waals surface area contributed by atoms with E-state index in [4.69, 9.17) is 9.47 Å². The average molecular weight is 339 g/mol. The molecule has 2 aliphatic rings. The first-order valence-electron chi connectivity index (χ1n) is 8.67. The standard InChI is InChI=1S/C20H21NO4/c22-16-7-5-14(6-8-16)15-9-11-21(12-10-15)20(23)19-13-24-17-3-1-2-4-18(17)25-19/h1-8,15,19,22H,9-13H2. The van der Waals surface area contributed by atoms with Crippen LogP contribution in [0, 0.1) is 0 Å². The van der Waals surface area contributed by atoms with Crippen LogP contribution in [0.2, 0.25) is 0 Å². The minimum Gasteiger partial charge on any atom is -0.508 e. The van der Waals surface area contributed by atoms with Crippen LogP contribution in [0.25, 0.3) is 0 Å². The van der Waals surface area contributed by atoms with Crippen molar-refractivity contribution in [3.05, 3.63) is 54.1 Å². The number of phenolic OH excluding ortho intramolecular Hbond substituents is 1. The Labute approximate surface area is 146 Å². The first-order chi connectivity index (χ1) is 12.2. The van der Waals surface area contributed by atoms with E-state index in [1.807, 2.05) is 41.3 Å². The van der Waals surface area contributed by atoms with Crippen molar-refractivity contribution in [2.75, 3.05) is 19.7 Å². The van der Waals surface area contributed by atoms with Crippen LogP contribution < -0.4 is 9.47 Å². The summed E-state index contributed by atoms with van der Waals surface area (Å²) >= 11 is 0. The van der Waals surface area contributed by atoms with Crippen LogP contribution in [-0.2, 0) is 4.79 Å². The number of aromatic hydroxyl groups is 1. The lowest BCUT2D eigenvalue weighted by Gasteiger charge is -2.35. The highest BCUT2D eigenvalue weighted by molar-refractivity contribution is 5.82. The molecule has 0 saturated carbocycles. The number of piperidine rings is 1. The molecule has 2 aliphatic heterocycles. The third-order valence-electron chi connectivity index (χ3n) is 4.96. The van der Waals surface area contributed by atoms with Gasteiger partial charge < -0.3 is 19.5 Å². The van der Waals surface area contributed by atoms with Gasteiger partial charge in [0, 0.05) is 13.1 Å². The molecular formula is C20H21NO4. The molecule has 0 radical (unpaired) electrons. The number of rotatable bonds is 2. The van der Waals surface area contributed by atoms with E-state index in [1.54, 1.807) is 12.1 Å². The second-order valence-corrected chi connectivity index (χ2v) is 6.56. The van der Waals surface area contributed by atoms with Crippen molar-refractivity contribution in [3.63, 3.8) is 0 Å². The molecule has 0 aliphatic carbocycles. The second-order valence-electron chi connectivity index (χ2n) is 6.56. The Balaban J connectivity index is 1.36. The van der Waals surface area contributed by atoms with Gasteiger partial charge in [0.2, 0.25) is 6.10 Å². The number of para-hydroxylation sites is 2. The molecule has 0 spiro atoms. The van der Waals surface area contributed by atoms with Gasteiger partial charge in [0.05, 0.1) is 0 Å². The van der Waals surface area contributed by atoms with Crippen molar-refractivity contribution in [1.29, 1.82) is 0 Å². The quantitative estimate of drug-likeness (QED) is 0.914. The van der Waals surface area contributed by atoms with Gasteiger partial charge in [-0.3, -0.25) is 4.79 Å². The molecule has 5 nitrogen and oxygen atoms in total. The summed E-state index contributed by atoms with van der Waals surface area (Å²) in [4.78, 5) is 14.6. The molecule has 1 atom stereocenters. The van der Waals surface area contributed by atoms with E-state index in [0.29, 0.717) is 30.5 Å². The van der Waals surface area contributed by atoms with Crippen LogP contribution in [0.5, 0.6) is 17.2 Å². The minimum atomic E-state index is -0.569. The molecule has 1 amide bonds. The number of carbonyl (C=O) groups excluding carboxylic acids is 1. The van der Waals surface area contributed by atoms with Crippen molar-refractivity contribution in [3.8, 4) is 17.2 Å². The van der Waals surface area contributed by atoms with E-state index in [1.165, 1.54) is 5.56 Å². The van der Waals surface area contributed by atoms with Gasteiger partial charge in [-0.2, -0.15) is 0 Å². The molecule has 1 N–H and O–H groups in total. The fourth-order valence-corrected chi connectivity index (χ4v) is 3.52. The number of nitrogens with zero attached hydrogens (tertiary/aromatic N) is 1. The molecule has 2 aromatic carbocycles. The Morgan fingerprint density at radius 2 is 1.68 bits per heavy atom. The first kappa shape index (κ1) is 15.8. The number of hydrogen-bond donors (Lipinski definition) is 1. The molecule has 2 aromatic rings. The minimum absolute atomic E-state index is 0.00124. The van der Waals surface area contributed by atoms with Gasteiger partial charge in [-0.1, -0.05) is 24.3 Å². The van der Waals surface area contributed by atoms with Gasteiger partial charge in [-0.15, -0.1) is 0 Å². The predicted molar refractivity (Wildman–Crippen MR) is 93.0 cm³/mol. The summed E-state index contributed by atoms with van der Waals surface area (Å²) < 4.78 is 11.5. The van der Waals surface area contributed by atoms with Crippen molar-refractivity contribution in [2.45, 2.75) is 24.9 Å². The zero-order valence-corrected chi connectivity index (χ0v) is 13.9. The molecule has 0 aromatic heterocycles. The van der Waals surface area contributed by atoms with Gasteiger partial charge in [0.1, 0.15) is 12.4 Å². The van der Waals surface area contributed by atoms with Crippen molar-refractivity contribution >= 4 is 5.91 Å². The third-order valence-corrected chi connectivity index (χ3v) is 4.96. The zero-order valence-electron chi connectivity index (χ0n) is 13.9. The number of hydrogen-bond acceptors (Lipinski definition) is 4. The lowest BCUT2D eigenvalue weighted by atomic mass is 9.89. The lowest BCUT2D eigenvalue weighted by molar-refractivity contribution is -0.142. The van der Waals surface area contributed by atoms with Crippen molar-refractivity contribution in [2.24, 2.45) is 0 Å². The van der Waals surface area contributed by atoms with E-state index in [9.17, 15) is 9.90 Å². The van der Waals surface area contributed by atoms with Gasteiger partial charge in [0.25, 0.3) is 5.91 Å². The van der Waals surface area contributed by atoms with Gasteiger partial charge in [0.15, 0.2) is 11.5 Å². The highest BCUT2D eigenvalue weighted by Crippen LogP contribution is 2.33. The monoisotopic (exact) mass is 339 g/mol. The molecule has 0 bridgehead atoms. The van der Waals surface area contributed by atoms with E-state index in [2.05, 4.69) is 0 Å². The summed E-state index contributed by atoms with van der Waals surface area (Å²) in [6.45, 7) is 1.69. The number of carbonyl (C=O) groups is 1. The van der Waals surface area contributed by atoms with Crippen LogP contribution in [0.4, 0.5) is 0 Å². The maximum absolute atomic E-state index is 12.7. The van der Waals surface area contributed by atoms with Crippen LogP contribution in [0.1, 0.15) is 24.3 Å². The molecule has 130 valence electrons. The number of phenols is 1. The van der Waals surface area contributed by atoms with Crippen molar-refractivity contribution in [1.82, 2.24) is 4.90 Å². The van der Waals surface area contributed by atoms with Crippen LogP contribution in [0.15, 0.2) is 48.5 Å².